The van der Waals surface area contributed by atoms with Gasteiger partial charge < -0.3 is 19.9 Å². The molecule has 8 heteroatoms. The fraction of sp³-hybridized carbons (Fsp3) is 0.400. The van der Waals surface area contributed by atoms with E-state index in [-0.39, 0.29) is 24.8 Å². The molecule has 0 bridgehead atoms. The van der Waals surface area contributed by atoms with Gasteiger partial charge in [0.25, 0.3) is 0 Å². The first-order valence-corrected chi connectivity index (χ1v) is 9.11. The molecule has 2 heterocycles. The Kier molecular flexibility index (Phi) is 5.77. The monoisotopic (exact) mass is 383 g/mol. The number of amides is 2. The number of carbonyl (C=O) groups excluding carboxylic acids is 2. The van der Waals surface area contributed by atoms with Crippen LogP contribution >= 0.6 is 0 Å². The van der Waals surface area contributed by atoms with E-state index in [9.17, 15) is 9.59 Å². The summed E-state index contributed by atoms with van der Waals surface area (Å²) in [6, 6.07) is 9.12. The van der Waals surface area contributed by atoms with Crippen molar-refractivity contribution in [3.05, 3.63) is 41.9 Å². The number of anilines is 2. The molecular formula is C20H25N5O3. The van der Waals surface area contributed by atoms with Gasteiger partial charge in [0.15, 0.2) is 0 Å². The Bertz CT molecular complexity index is 867. The molecule has 1 fully saturated rings. The number of methoxy groups -OCH3 is 1. The van der Waals surface area contributed by atoms with Gasteiger partial charge in [0.2, 0.25) is 11.8 Å². The molecule has 0 spiro atoms. The number of ether oxygens (including phenoxy) is 1. The Morgan fingerprint density at radius 3 is 2.64 bits per heavy atom. The summed E-state index contributed by atoms with van der Waals surface area (Å²) in [5, 5.41) is 2.86. The van der Waals surface area contributed by atoms with E-state index in [2.05, 4.69) is 15.3 Å². The molecule has 148 valence electrons. The van der Waals surface area contributed by atoms with E-state index in [1.165, 1.54) is 0 Å². The zero-order valence-corrected chi connectivity index (χ0v) is 16.6. The normalized spacial score (nSPS) is 16.2. The predicted molar refractivity (Wildman–Crippen MR) is 106 cm³/mol. The van der Waals surface area contributed by atoms with Crippen LogP contribution in [0.2, 0.25) is 0 Å². The number of hydrogen-bond acceptors (Lipinski definition) is 6. The summed E-state index contributed by atoms with van der Waals surface area (Å²) >= 11 is 0. The molecule has 3 rings (SSSR count). The maximum absolute atomic E-state index is 12.6. The maximum atomic E-state index is 12.6. The number of hydrogen-bond donors (Lipinski definition) is 1. The summed E-state index contributed by atoms with van der Waals surface area (Å²) < 4.78 is 5.14. The van der Waals surface area contributed by atoms with Crippen LogP contribution in [0.4, 0.5) is 11.5 Å². The number of aromatic nitrogens is 2. The molecule has 1 aliphatic rings. The van der Waals surface area contributed by atoms with E-state index in [1.54, 1.807) is 24.1 Å². The Morgan fingerprint density at radius 1 is 1.29 bits per heavy atom. The standard InChI is InChI=1S/C20H25N5O3/c1-13-9-18(24(2)3)23-17(22-13)11-21-20(27)14-10-19(26)25(12-14)15-5-7-16(28-4)8-6-15/h5-9,14H,10-12H2,1-4H3,(H,21,27). The Labute approximate surface area is 164 Å². The van der Waals surface area contributed by atoms with Crippen LogP contribution in [0.15, 0.2) is 30.3 Å². The quantitative estimate of drug-likeness (QED) is 0.814. The van der Waals surface area contributed by atoms with Crippen molar-refractivity contribution in [2.75, 3.05) is 37.5 Å². The zero-order valence-electron chi connectivity index (χ0n) is 16.6. The Morgan fingerprint density at radius 2 is 2.00 bits per heavy atom. The number of nitrogens with zero attached hydrogens (tertiary/aromatic N) is 4. The van der Waals surface area contributed by atoms with E-state index in [4.69, 9.17) is 4.74 Å². The lowest BCUT2D eigenvalue weighted by atomic mass is 10.1. The zero-order chi connectivity index (χ0) is 20.3. The van der Waals surface area contributed by atoms with Gasteiger partial charge in [-0.1, -0.05) is 0 Å². The second-order valence-electron chi connectivity index (χ2n) is 7.00. The van der Waals surface area contributed by atoms with Crippen molar-refractivity contribution in [2.45, 2.75) is 19.9 Å². The van der Waals surface area contributed by atoms with E-state index in [0.29, 0.717) is 12.4 Å². The summed E-state index contributed by atoms with van der Waals surface area (Å²) in [7, 11) is 5.40. The van der Waals surface area contributed by atoms with E-state index >= 15 is 0 Å². The van der Waals surface area contributed by atoms with Crippen LogP contribution in [0.25, 0.3) is 0 Å². The van der Waals surface area contributed by atoms with Crippen molar-refractivity contribution in [1.82, 2.24) is 15.3 Å². The smallest absolute Gasteiger partial charge is 0.227 e. The fourth-order valence-electron chi connectivity index (χ4n) is 3.13. The van der Waals surface area contributed by atoms with Gasteiger partial charge in [-0.2, -0.15) is 0 Å². The van der Waals surface area contributed by atoms with Crippen LogP contribution in [0.5, 0.6) is 5.75 Å². The summed E-state index contributed by atoms with van der Waals surface area (Å²) in [5.41, 5.74) is 1.60. The number of rotatable bonds is 6. The van der Waals surface area contributed by atoms with Crippen LogP contribution in [0, 0.1) is 12.8 Å². The van der Waals surface area contributed by atoms with Crippen molar-refractivity contribution in [1.29, 1.82) is 0 Å². The first-order chi connectivity index (χ1) is 13.4. The minimum atomic E-state index is -0.396. The van der Waals surface area contributed by atoms with Crippen molar-refractivity contribution < 1.29 is 14.3 Å². The largest absolute Gasteiger partial charge is 0.497 e. The minimum Gasteiger partial charge on any atom is -0.497 e. The molecule has 1 aromatic carbocycles. The van der Waals surface area contributed by atoms with E-state index in [1.807, 2.05) is 44.1 Å². The third-order valence-electron chi connectivity index (χ3n) is 4.65. The second kappa shape index (κ2) is 8.24. The summed E-state index contributed by atoms with van der Waals surface area (Å²) in [5.74, 6) is 1.44. The average Bonchev–Trinajstić information content (AvgIpc) is 3.07. The molecule has 0 radical (unpaired) electrons. The number of carbonyl (C=O) groups is 2. The van der Waals surface area contributed by atoms with Crippen molar-refractivity contribution >= 4 is 23.3 Å². The van der Waals surface area contributed by atoms with E-state index < -0.39 is 5.92 Å². The van der Waals surface area contributed by atoms with E-state index in [0.717, 1.165) is 22.9 Å². The first-order valence-electron chi connectivity index (χ1n) is 9.11. The molecule has 1 N–H and O–H groups in total. The molecule has 1 saturated heterocycles. The third kappa shape index (κ3) is 4.39. The van der Waals surface area contributed by atoms with Gasteiger partial charge in [0, 0.05) is 44.5 Å². The van der Waals surface area contributed by atoms with Gasteiger partial charge in [-0.15, -0.1) is 0 Å². The van der Waals surface area contributed by atoms with Crippen LogP contribution in [-0.4, -0.2) is 49.5 Å². The summed E-state index contributed by atoms with van der Waals surface area (Å²) in [4.78, 5) is 37.3. The highest BCUT2D eigenvalue weighted by atomic mass is 16.5. The van der Waals surface area contributed by atoms with Gasteiger partial charge in [-0.05, 0) is 31.2 Å². The van der Waals surface area contributed by atoms with Gasteiger partial charge >= 0.3 is 0 Å². The van der Waals surface area contributed by atoms with Crippen LogP contribution in [0.3, 0.4) is 0 Å². The number of aryl methyl sites for hydroxylation is 1. The molecule has 2 aromatic rings. The fourth-order valence-corrected chi connectivity index (χ4v) is 3.13. The lowest BCUT2D eigenvalue weighted by molar-refractivity contribution is -0.126. The van der Waals surface area contributed by atoms with Crippen molar-refractivity contribution in [2.24, 2.45) is 5.92 Å². The SMILES string of the molecule is COc1ccc(N2CC(C(=O)NCc3nc(C)cc(N(C)C)n3)CC2=O)cc1. The van der Waals surface area contributed by atoms with Gasteiger partial charge in [0.05, 0.1) is 19.6 Å². The van der Waals surface area contributed by atoms with Crippen molar-refractivity contribution in [3.8, 4) is 5.75 Å². The number of benzene rings is 1. The molecule has 0 aliphatic carbocycles. The highest BCUT2D eigenvalue weighted by Gasteiger charge is 2.35. The third-order valence-corrected chi connectivity index (χ3v) is 4.65. The molecule has 28 heavy (non-hydrogen) atoms. The highest BCUT2D eigenvalue weighted by molar-refractivity contribution is 6.00. The van der Waals surface area contributed by atoms with Gasteiger partial charge in [0.1, 0.15) is 17.4 Å². The molecule has 0 saturated carbocycles. The second-order valence-corrected chi connectivity index (χ2v) is 7.00. The molecule has 8 nitrogen and oxygen atoms in total. The number of nitrogens with one attached hydrogen (secondary N) is 1. The molecule has 2 amide bonds. The topological polar surface area (TPSA) is 87.7 Å². The minimum absolute atomic E-state index is 0.0629. The molecular weight excluding hydrogens is 358 g/mol. The molecule has 1 unspecified atom stereocenters. The Balaban J connectivity index is 1.61. The van der Waals surface area contributed by atoms with Crippen LogP contribution < -0.4 is 19.9 Å². The van der Waals surface area contributed by atoms with Gasteiger partial charge in [-0.25, -0.2) is 9.97 Å². The maximum Gasteiger partial charge on any atom is 0.227 e. The van der Waals surface area contributed by atoms with Gasteiger partial charge in [-0.3, -0.25) is 9.59 Å². The van der Waals surface area contributed by atoms with Crippen molar-refractivity contribution in [3.63, 3.8) is 0 Å². The molecule has 1 atom stereocenters. The van der Waals surface area contributed by atoms with Crippen LogP contribution in [0.1, 0.15) is 17.9 Å². The highest BCUT2D eigenvalue weighted by Crippen LogP contribution is 2.27. The van der Waals surface area contributed by atoms with Crippen LogP contribution in [-0.2, 0) is 16.1 Å². The molecule has 1 aromatic heterocycles. The summed E-state index contributed by atoms with van der Waals surface area (Å²) in [6.07, 6.45) is 0.190. The lowest BCUT2D eigenvalue weighted by Crippen LogP contribution is -2.33. The summed E-state index contributed by atoms with van der Waals surface area (Å²) in [6.45, 7) is 2.48. The molecule has 1 aliphatic heterocycles. The average molecular weight is 383 g/mol. The predicted octanol–water partition coefficient (Wildman–Crippen LogP) is 1.53. The Hall–Kier alpha value is -3.16. The lowest BCUT2D eigenvalue weighted by Gasteiger charge is -2.17. The first kappa shape index (κ1) is 19.6.